The van der Waals surface area contributed by atoms with Gasteiger partial charge in [0, 0.05) is 38.6 Å². The van der Waals surface area contributed by atoms with E-state index in [-0.39, 0.29) is 5.91 Å². The lowest BCUT2D eigenvalue weighted by atomic mass is 9.73. The van der Waals surface area contributed by atoms with Gasteiger partial charge >= 0.3 is 0 Å². The number of carbonyl (C=O) groups is 1. The molecule has 0 saturated carbocycles. The third-order valence-electron chi connectivity index (χ3n) is 5.24. The molecule has 4 rings (SSSR count). The van der Waals surface area contributed by atoms with Gasteiger partial charge in [0.05, 0.1) is 12.1 Å². The molecule has 2 aliphatic heterocycles. The van der Waals surface area contributed by atoms with Crippen molar-refractivity contribution in [1.29, 1.82) is 0 Å². The van der Waals surface area contributed by atoms with Gasteiger partial charge in [-0.05, 0) is 42.0 Å². The van der Waals surface area contributed by atoms with E-state index < -0.39 is 0 Å². The third kappa shape index (κ3) is 2.88. The van der Waals surface area contributed by atoms with Crippen LogP contribution in [0.2, 0.25) is 0 Å². The number of piperidine rings is 1. The van der Waals surface area contributed by atoms with E-state index in [9.17, 15) is 4.79 Å². The fourth-order valence-electron chi connectivity index (χ4n) is 3.54. The van der Waals surface area contributed by atoms with Crippen molar-refractivity contribution in [3.63, 3.8) is 0 Å². The smallest absolute Gasteiger partial charge is 0.226 e. The van der Waals surface area contributed by atoms with Gasteiger partial charge in [0.2, 0.25) is 5.91 Å². The SMILES string of the molecule is O=C(Cc1ccc(-n2cccn2)cc1)N1CCC2(CC1)CNC2. The lowest BCUT2D eigenvalue weighted by Gasteiger charge is -2.48. The minimum absolute atomic E-state index is 0.249. The molecule has 2 fully saturated rings. The minimum atomic E-state index is 0.249. The molecule has 2 saturated heterocycles. The first-order chi connectivity index (χ1) is 11.2. The molecule has 0 radical (unpaired) electrons. The average molecular weight is 310 g/mol. The van der Waals surface area contributed by atoms with Gasteiger partial charge in [0.1, 0.15) is 0 Å². The van der Waals surface area contributed by atoms with Crippen LogP contribution in [0.5, 0.6) is 0 Å². The number of amides is 1. The molecule has 0 atom stereocenters. The molecule has 2 aliphatic rings. The summed E-state index contributed by atoms with van der Waals surface area (Å²) in [6, 6.07) is 9.98. The molecule has 5 nitrogen and oxygen atoms in total. The second kappa shape index (κ2) is 5.81. The number of likely N-dealkylation sites (tertiary alicyclic amines) is 1. The van der Waals surface area contributed by atoms with Crippen molar-refractivity contribution in [1.82, 2.24) is 20.0 Å². The van der Waals surface area contributed by atoms with Crippen molar-refractivity contribution in [2.75, 3.05) is 26.2 Å². The summed E-state index contributed by atoms with van der Waals surface area (Å²) in [6.45, 7) is 4.08. The summed E-state index contributed by atoms with van der Waals surface area (Å²) in [7, 11) is 0. The van der Waals surface area contributed by atoms with Crippen molar-refractivity contribution in [3.05, 3.63) is 48.3 Å². The molecule has 1 amide bonds. The highest BCUT2D eigenvalue weighted by molar-refractivity contribution is 5.79. The number of nitrogens with zero attached hydrogens (tertiary/aromatic N) is 3. The summed E-state index contributed by atoms with van der Waals surface area (Å²) in [5.74, 6) is 0.249. The largest absolute Gasteiger partial charge is 0.342 e. The lowest BCUT2D eigenvalue weighted by molar-refractivity contribution is -0.133. The molecule has 1 N–H and O–H groups in total. The predicted molar refractivity (Wildman–Crippen MR) is 88.4 cm³/mol. The van der Waals surface area contributed by atoms with E-state index in [0.29, 0.717) is 11.8 Å². The van der Waals surface area contributed by atoms with Crippen molar-refractivity contribution >= 4 is 5.91 Å². The Balaban J connectivity index is 1.35. The first-order valence-corrected chi connectivity index (χ1v) is 8.32. The molecule has 1 aromatic heterocycles. The Morgan fingerprint density at radius 2 is 1.91 bits per heavy atom. The topological polar surface area (TPSA) is 50.2 Å². The molecule has 0 bridgehead atoms. The van der Waals surface area contributed by atoms with Crippen molar-refractivity contribution in [2.24, 2.45) is 5.41 Å². The molecule has 1 aromatic carbocycles. The van der Waals surface area contributed by atoms with Crippen molar-refractivity contribution in [3.8, 4) is 5.69 Å². The normalized spacial score (nSPS) is 19.6. The van der Waals surface area contributed by atoms with Crippen LogP contribution in [0.15, 0.2) is 42.7 Å². The standard InChI is InChI=1S/C18H22N4O/c23-17(21-10-6-18(7-11-21)13-19-14-18)12-15-2-4-16(5-3-15)22-9-1-8-20-22/h1-5,8-9,19H,6-7,10-14H2. The Kier molecular flexibility index (Phi) is 3.65. The number of rotatable bonds is 3. The summed E-state index contributed by atoms with van der Waals surface area (Å²) in [5.41, 5.74) is 2.57. The van der Waals surface area contributed by atoms with Crippen molar-refractivity contribution < 1.29 is 4.79 Å². The van der Waals surface area contributed by atoms with Gasteiger partial charge in [-0.2, -0.15) is 5.10 Å². The Morgan fingerprint density at radius 3 is 2.48 bits per heavy atom. The Morgan fingerprint density at radius 1 is 1.17 bits per heavy atom. The van der Waals surface area contributed by atoms with Crippen LogP contribution >= 0.6 is 0 Å². The van der Waals surface area contributed by atoms with Crippen LogP contribution in [0, 0.1) is 5.41 Å². The molecule has 1 spiro atoms. The number of carbonyl (C=O) groups excluding carboxylic acids is 1. The highest BCUT2D eigenvalue weighted by atomic mass is 16.2. The molecule has 120 valence electrons. The maximum atomic E-state index is 12.5. The summed E-state index contributed by atoms with van der Waals surface area (Å²) < 4.78 is 1.82. The molecule has 23 heavy (non-hydrogen) atoms. The molecular weight excluding hydrogens is 288 g/mol. The monoisotopic (exact) mass is 310 g/mol. The van der Waals surface area contributed by atoms with Crippen LogP contribution in [0.4, 0.5) is 0 Å². The van der Waals surface area contributed by atoms with Crippen LogP contribution in [-0.2, 0) is 11.2 Å². The van der Waals surface area contributed by atoms with Gasteiger partial charge in [-0.15, -0.1) is 0 Å². The quantitative estimate of drug-likeness (QED) is 0.937. The van der Waals surface area contributed by atoms with Gasteiger partial charge in [0.15, 0.2) is 0 Å². The Bertz CT molecular complexity index is 664. The molecule has 3 heterocycles. The van der Waals surface area contributed by atoms with Gasteiger partial charge in [-0.1, -0.05) is 12.1 Å². The summed E-state index contributed by atoms with van der Waals surface area (Å²) >= 11 is 0. The van der Waals surface area contributed by atoms with E-state index in [0.717, 1.165) is 50.3 Å². The summed E-state index contributed by atoms with van der Waals surface area (Å²) in [6.07, 6.45) is 6.45. The molecule has 2 aromatic rings. The zero-order valence-corrected chi connectivity index (χ0v) is 13.2. The highest BCUT2D eigenvalue weighted by Gasteiger charge is 2.40. The average Bonchev–Trinajstić information content (AvgIpc) is 3.09. The number of nitrogens with one attached hydrogen (secondary N) is 1. The number of aromatic nitrogens is 2. The van der Waals surface area contributed by atoms with Gasteiger partial charge in [-0.3, -0.25) is 4.79 Å². The van der Waals surface area contributed by atoms with E-state index >= 15 is 0 Å². The number of benzene rings is 1. The van der Waals surface area contributed by atoms with Crippen LogP contribution in [0.3, 0.4) is 0 Å². The summed E-state index contributed by atoms with van der Waals surface area (Å²) in [4.78, 5) is 14.5. The van der Waals surface area contributed by atoms with E-state index in [1.165, 1.54) is 0 Å². The Labute approximate surface area is 136 Å². The van der Waals surface area contributed by atoms with Crippen LogP contribution in [0.1, 0.15) is 18.4 Å². The van der Waals surface area contributed by atoms with Crippen LogP contribution in [0.25, 0.3) is 5.69 Å². The second-order valence-electron chi connectivity index (χ2n) is 6.78. The predicted octanol–water partition coefficient (Wildman–Crippen LogP) is 1.63. The highest BCUT2D eigenvalue weighted by Crippen LogP contribution is 2.35. The fourth-order valence-corrected chi connectivity index (χ4v) is 3.54. The van der Waals surface area contributed by atoms with E-state index in [4.69, 9.17) is 0 Å². The fraction of sp³-hybridized carbons (Fsp3) is 0.444. The maximum absolute atomic E-state index is 12.5. The van der Waals surface area contributed by atoms with Crippen molar-refractivity contribution in [2.45, 2.75) is 19.3 Å². The van der Waals surface area contributed by atoms with Crippen LogP contribution in [-0.4, -0.2) is 46.8 Å². The van der Waals surface area contributed by atoms with E-state index in [1.54, 1.807) is 6.20 Å². The lowest BCUT2D eigenvalue weighted by Crippen LogP contribution is -2.58. The maximum Gasteiger partial charge on any atom is 0.226 e. The molecular formula is C18H22N4O. The first kappa shape index (κ1) is 14.5. The minimum Gasteiger partial charge on any atom is -0.342 e. The molecule has 0 aliphatic carbocycles. The Hall–Kier alpha value is -2.14. The van der Waals surface area contributed by atoms with Gasteiger partial charge in [-0.25, -0.2) is 4.68 Å². The summed E-state index contributed by atoms with van der Waals surface area (Å²) in [5, 5.41) is 7.58. The number of hydrogen-bond donors (Lipinski definition) is 1. The zero-order chi connectivity index (χ0) is 15.7. The second-order valence-corrected chi connectivity index (χ2v) is 6.78. The first-order valence-electron chi connectivity index (χ1n) is 8.32. The number of hydrogen-bond acceptors (Lipinski definition) is 3. The van der Waals surface area contributed by atoms with E-state index in [1.807, 2.05) is 46.1 Å². The van der Waals surface area contributed by atoms with Gasteiger partial charge in [0.25, 0.3) is 0 Å². The third-order valence-corrected chi connectivity index (χ3v) is 5.24. The van der Waals surface area contributed by atoms with E-state index in [2.05, 4.69) is 10.4 Å². The van der Waals surface area contributed by atoms with Gasteiger partial charge < -0.3 is 10.2 Å². The molecule has 5 heteroatoms. The zero-order valence-electron chi connectivity index (χ0n) is 13.2. The molecule has 0 unspecified atom stereocenters. The van der Waals surface area contributed by atoms with Crippen LogP contribution < -0.4 is 5.32 Å².